The van der Waals surface area contributed by atoms with Gasteiger partial charge < -0.3 is 14.5 Å². The number of carbonyl (C=O) groups is 1. The maximum absolute atomic E-state index is 14.3. The number of ether oxygens (including phenoxy) is 1. The molecule has 1 atom stereocenters. The molecule has 4 rings (SSSR count). The minimum Gasteiger partial charge on any atom is -0.368 e. The Morgan fingerprint density at radius 1 is 1.16 bits per heavy atom. The average molecular weight is 344 g/mol. The van der Waals surface area contributed by atoms with Crippen LogP contribution in [0.4, 0.5) is 10.2 Å². The lowest BCUT2D eigenvalue weighted by molar-refractivity contribution is -0.140. The molecule has 6 nitrogen and oxygen atoms in total. The van der Waals surface area contributed by atoms with E-state index < -0.39 is 0 Å². The van der Waals surface area contributed by atoms with E-state index in [4.69, 9.17) is 4.74 Å². The van der Waals surface area contributed by atoms with Gasteiger partial charge in [-0.25, -0.2) is 14.4 Å². The molecule has 0 aliphatic carbocycles. The molecule has 7 heteroatoms. The van der Waals surface area contributed by atoms with E-state index in [1.54, 1.807) is 12.1 Å². The summed E-state index contributed by atoms with van der Waals surface area (Å²) >= 11 is 0. The number of rotatable bonds is 2. The fourth-order valence-corrected chi connectivity index (χ4v) is 3.62. The molecule has 3 heterocycles. The topological polar surface area (TPSA) is 58.6 Å². The summed E-state index contributed by atoms with van der Waals surface area (Å²) in [4.78, 5) is 25.0. The molecule has 132 valence electrons. The number of halogens is 1. The first-order valence-corrected chi connectivity index (χ1v) is 8.78. The zero-order valence-electron chi connectivity index (χ0n) is 14.0. The van der Waals surface area contributed by atoms with Crippen molar-refractivity contribution in [3.8, 4) is 0 Å². The van der Waals surface area contributed by atoms with Crippen molar-refractivity contribution in [2.75, 3.05) is 37.7 Å². The number of amides is 1. The Kier molecular flexibility index (Phi) is 4.48. The number of hydrogen-bond donors (Lipinski definition) is 0. The van der Waals surface area contributed by atoms with Crippen molar-refractivity contribution in [3.63, 3.8) is 0 Å². The highest BCUT2D eigenvalue weighted by atomic mass is 19.1. The first kappa shape index (κ1) is 16.2. The molecule has 0 spiro atoms. The number of anilines is 1. The summed E-state index contributed by atoms with van der Waals surface area (Å²) < 4.78 is 19.8. The van der Waals surface area contributed by atoms with Crippen LogP contribution in [0, 0.1) is 5.82 Å². The molecular formula is C18H21FN4O2. The van der Waals surface area contributed by atoms with Crippen molar-refractivity contribution in [2.24, 2.45) is 0 Å². The van der Waals surface area contributed by atoms with Crippen molar-refractivity contribution in [1.29, 1.82) is 0 Å². The summed E-state index contributed by atoms with van der Waals surface area (Å²) in [5.74, 6) is 0.372. The van der Waals surface area contributed by atoms with Crippen LogP contribution in [0.5, 0.6) is 0 Å². The Morgan fingerprint density at radius 2 is 2.08 bits per heavy atom. The molecule has 0 saturated carbocycles. The van der Waals surface area contributed by atoms with Gasteiger partial charge in [0.2, 0.25) is 0 Å². The Balaban J connectivity index is 1.54. The van der Waals surface area contributed by atoms with E-state index in [1.165, 1.54) is 12.4 Å². The summed E-state index contributed by atoms with van der Waals surface area (Å²) in [6.45, 7) is 3.32. The first-order valence-electron chi connectivity index (χ1n) is 8.78. The molecule has 2 fully saturated rings. The molecule has 2 aromatic rings. The fraction of sp³-hybridized carbons (Fsp3) is 0.500. The predicted molar refractivity (Wildman–Crippen MR) is 91.9 cm³/mol. The molecule has 1 unspecified atom stereocenters. The SMILES string of the molecule is O=C(C1CCCO1)N1CCCN(c2ncnc3cccc(F)c23)CC1. The molecule has 1 aromatic heterocycles. The van der Waals surface area contributed by atoms with Crippen molar-refractivity contribution in [1.82, 2.24) is 14.9 Å². The molecule has 1 amide bonds. The molecule has 25 heavy (non-hydrogen) atoms. The van der Waals surface area contributed by atoms with Gasteiger partial charge in [0.1, 0.15) is 24.1 Å². The van der Waals surface area contributed by atoms with Crippen LogP contribution in [0.25, 0.3) is 10.9 Å². The fourth-order valence-electron chi connectivity index (χ4n) is 3.62. The second kappa shape index (κ2) is 6.92. The van der Waals surface area contributed by atoms with Gasteiger partial charge in [0.15, 0.2) is 0 Å². The van der Waals surface area contributed by atoms with E-state index in [0.717, 1.165) is 25.8 Å². The molecular weight excluding hydrogens is 323 g/mol. The van der Waals surface area contributed by atoms with E-state index in [1.807, 2.05) is 4.90 Å². The van der Waals surface area contributed by atoms with Gasteiger partial charge in [-0.05, 0) is 31.4 Å². The van der Waals surface area contributed by atoms with E-state index in [9.17, 15) is 9.18 Å². The maximum atomic E-state index is 14.3. The van der Waals surface area contributed by atoms with Gasteiger partial charge in [-0.3, -0.25) is 4.79 Å². The van der Waals surface area contributed by atoms with Crippen LogP contribution in [0.1, 0.15) is 19.3 Å². The monoisotopic (exact) mass is 344 g/mol. The Morgan fingerprint density at radius 3 is 2.92 bits per heavy atom. The largest absolute Gasteiger partial charge is 0.368 e. The normalized spacial score (nSPS) is 21.6. The Hall–Kier alpha value is -2.28. The second-order valence-electron chi connectivity index (χ2n) is 6.50. The maximum Gasteiger partial charge on any atom is 0.251 e. The van der Waals surface area contributed by atoms with Gasteiger partial charge in [-0.2, -0.15) is 0 Å². The molecule has 2 aliphatic rings. The highest BCUT2D eigenvalue weighted by molar-refractivity contribution is 5.90. The second-order valence-corrected chi connectivity index (χ2v) is 6.50. The van der Waals surface area contributed by atoms with E-state index in [-0.39, 0.29) is 17.8 Å². The lowest BCUT2D eigenvalue weighted by Crippen LogP contribution is -2.41. The van der Waals surface area contributed by atoms with Crippen LogP contribution >= 0.6 is 0 Å². The van der Waals surface area contributed by atoms with Gasteiger partial charge in [-0.1, -0.05) is 6.07 Å². The third-order valence-corrected chi connectivity index (χ3v) is 4.90. The number of benzene rings is 1. The summed E-state index contributed by atoms with van der Waals surface area (Å²) in [5, 5.41) is 0.448. The van der Waals surface area contributed by atoms with Crippen molar-refractivity contribution in [2.45, 2.75) is 25.4 Å². The van der Waals surface area contributed by atoms with Crippen LogP contribution < -0.4 is 4.90 Å². The smallest absolute Gasteiger partial charge is 0.251 e. The summed E-state index contributed by atoms with van der Waals surface area (Å²) in [6.07, 6.45) is 3.75. The molecule has 2 aliphatic heterocycles. The van der Waals surface area contributed by atoms with Gasteiger partial charge in [0.05, 0.1) is 10.9 Å². The summed E-state index contributed by atoms with van der Waals surface area (Å²) in [7, 11) is 0. The van der Waals surface area contributed by atoms with Crippen LogP contribution in [-0.2, 0) is 9.53 Å². The van der Waals surface area contributed by atoms with Crippen molar-refractivity contribution < 1.29 is 13.9 Å². The zero-order chi connectivity index (χ0) is 17.2. The van der Waals surface area contributed by atoms with Crippen LogP contribution in [0.3, 0.4) is 0 Å². The lowest BCUT2D eigenvalue weighted by atomic mass is 10.2. The highest BCUT2D eigenvalue weighted by Crippen LogP contribution is 2.26. The number of nitrogens with zero attached hydrogens (tertiary/aromatic N) is 4. The van der Waals surface area contributed by atoms with Crippen LogP contribution in [0.2, 0.25) is 0 Å². The zero-order valence-corrected chi connectivity index (χ0v) is 14.0. The van der Waals surface area contributed by atoms with Crippen molar-refractivity contribution in [3.05, 3.63) is 30.3 Å². The molecule has 0 N–H and O–H groups in total. The molecule has 1 aromatic carbocycles. The van der Waals surface area contributed by atoms with Crippen LogP contribution in [-0.4, -0.2) is 59.7 Å². The van der Waals surface area contributed by atoms with E-state index in [2.05, 4.69) is 14.9 Å². The third kappa shape index (κ3) is 3.16. The van der Waals surface area contributed by atoms with Gasteiger partial charge in [0, 0.05) is 32.8 Å². The molecule has 0 bridgehead atoms. The Labute approximate surface area is 145 Å². The van der Waals surface area contributed by atoms with E-state index in [0.29, 0.717) is 43.0 Å². The minimum atomic E-state index is -0.315. The van der Waals surface area contributed by atoms with Gasteiger partial charge in [-0.15, -0.1) is 0 Å². The Bertz CT molecular complexity index is 774. The number of fused-ring (bicyclic) bond motifs is 1. The highest BCUT2D eigenvalue weighted by Gasteiger charge is 2.29. The first-order chi connectivity index (χ1) is 12.2. The standard InChI is InChI=1S/C18H21FN4O2/c19-13-4-1-5-14-16(13)17(21-12-20-14)22-7-3-8-23(10-9-22)18(24)15-6-2-11-25-15/h1,4-5,12,15H,2-3,6-11H2. The number of carbonyl (C=O) groups excluding carboxylic acids is 1. The lowest BCUT2D eigenvalue weighted by Gasteiger charge is -2.25. The average Bonchev–Trinajstić information content (AvgIpc) is 3.06. The van der Waals surface area contributed by atoms with Crippen molar-refractivity contribution >= 4 is 22.6 Å². The number of hydrogen-bond acceptors (Lipinski definition) is 5. The number of aromatic nitrogens is 2. The summed E-state index contributed by atoms with van der Waals surface area (Å²) in [6, 6.07) is 4.87. The molecule has 2 saturated heterocycles. The van der Waals surface area contributed by atoms with E-state index >= 15 is 0 Å². The van der Waals surface area contributed by atoms with Gasteiger partial charge >= 0.3 is 0 Å². The quantitative estimate of drug-likeness (QED) is 0.834. The predicted octanol–water partition coefficient (Wildman–Crippen LogP) is 1.99. The summed E-state index contributed by atoms with van der Waals surface area (Å²) in [5.41, 5.74) is 0.599. The third-order valence-electron chi connectivity index (χ3n) is 4.90. The minimum absolute atomic E-state index is 0.0816. The molecule has 0 radical (unpaired) electrons. The van der Waals surface area contributed by atoms with Gasteiger partial charge in [0.25, 0.3) is 5.91 Å². The van der Waals surface area contributed by atoms with Crippen LogP contribution in [0.15, 0.2) is 24.5 Å².